The summed E-state index contributed by atoms with van der Waals surface area (Å²) in [4.78, 5) is 23.9. The lowest BCUT2D eigenvalue weighted by Crippen LogP contribution is -2.48. The molecule has 28 heavy (non-hydrogen) atoms. The number of aryl methyl sites for hydroxylation is 2. The van der Waals surface area contributed by atoms with Crippen LogP contribution in [0.4, 0.5) is 10.8 Å². The number of rotatable bonds is 3. The van der Waals surface area contributed by atoms with Crippen molar-refractivity contribution >= 4 is 38.3 Å². The molecule has 0 N–H and O–H groups in total. The maximum Gasteiger partial charge on any atom is 0.253 e. The standard InChI is InChI=1S/C22H26N4OS/c1-15-13-19-20(14-16(15)2)28-22(23-19)26-11-9-25(10-12-26)21(27)17-5-7-18(8-6-17)24(3)4/h5-8,13-14H,9-12H2,1-4H3. The number of piperazine rings is 1. The maximum atomic E-state index is 12.8. The molecule has 5 nitrogen and oxygen atoms in total. The molecule has 0 unspecified atom stereocenters. The van der Waals surface area contributed by atoms with E-state index in [1.807, 2.05) is 48.2 Å². The fourth-order valence-electron chi connectivity index (χ4n) is 3.49. The van der Waals surface area contributed by atoms with Crippen LogP contribution in [-0.4, -0.2) is 56.1 Å². The lowest BCUT2D eigenvalue weighted by Gasteiger charge is -2.34. The first-order valence-electron chi connectivity index (χ1n) is 9.62. The first-order chi connectivity index (χ1) is 13.4. The molecule has 1 aliphatic rings. The van der Waals surface area contributed by atoms with Gasteiger partial charge in [0.1, 0.15) is 0 Å². The van der Waals surface area contributed by atoms with Crippen LogP contribution >= 0.6 is 11.3 Å². The molecule has 1 aromatic heterocycles. The van der Waals surface area contributed by atoms with E-state index in [0.717, 1.165) is 48.1 Å². The van der Waals surface area contributed by atoms with E-state index in [4.69, 9.17) is 4.98 Å². The number of carbonyl (C=O) groups excluding carboxylic acids is 1. The molecule has 0 radical (unpaired) electrons. The molecule has 1 saturated heterocycles. The van der Waals surface area contributed by atoms with Crippen LogP contribution in [0.3, 0.4) is 0 Å². The lowest BCUT2D eigenvalue weighted by molar-refractivity contribution is 0.0747. The Hall–Kier alpha value is -2.60. The zero-order chi connectivity index (χ0) is 19.8. The van der Waals surface area contributed by atoms with Crippen LogP contribution in [0, 0.1) is 13.8 Å². The van der Waals surface area contributed by atoms with E-state index in [9.17, 15) is 4.79 Å². The molecule has 0 saturated carbocycles. The van der Waals surface area contributed by atoms with E-state index in [-0.39, 0.29) is 5.91 Å². The van der Waals surface area contributed by atoms with Crippen LogP contribution in [-0.2, 0) is 0 Å². The van der Waals surface area contributed by atoms with Gasteiger partial charge in [0.2, 0.25) is 0 Å². The van der Waals surface area contributed by atoms with Crippen molar-refractivity contribution in [3.63, 3.8) is 0 Å². The first kappa shape index (κ1) is 18.7. The van der Waals surface area contributed by atoms with Gasteiger partial charge in [-0.05, 0) is 61.4 Å². The van der Waals surface area contributed by atoms with Crippen molar-refractivity contribution in [2.24, 2.45) is 0 Å². The van der Waals surface area contributed by atoms with Gasteiger partial charge in [0.15, 0.2) is 5.13 Å². The Balaban J connectivity index is 1.43. The largest absolute Gasteiger partial charge is 0.378 e. The number of amides is 1. The normalized spacial score (nSPS) is 14.6. The van der Waals surface area contributed by atoms with Crippen LogP contribution in [0.2, 0.25) is 0 Å². The van der Waals surface area contributed by atoms with E-state index >= 15 is 0 Å². The van der Waals surface area contributed by atoms with Crippen molar-refractivity contribution in [2.75, 3.05) is 50.1 Å². The van der Waals surface area contributed by atoms with Gasteiger partial charge >= 0.3 is 0 Å². The first-order valence-corrected chi connectivity index (χ1v) is 10.4. The number of carbonyl (C=O) groups is 1. The average Bonchev–Trinajstić information content (AvgIpc) is 3.10. The highest BCUT2D eigenvalue weighted by atomic mass is 32.1. The number of anilines is 2. The fourth-order valence-corrected chi connectivity index (χ4v) is 4.59. The predicted octanol–water partition coefficient (Wildman–Crippen LogP) is 3.94. The molecule has 146 valence electrons. The molecule has 2 heterocycles. The maximum absolute atomic E-state index is 12.8. The molecule has 0 atom stereocenters. The van der Waals surface area contributed by atoms with Crippen LogP contribution in [0.1, 0.15) is 21.5 Å². The third kappa shape index (κ3) is 3.56. The Bertz CT molecular complexity index is 962. The van der Waals surface area contributed by atoms with Gasteiger partial charge in [0.05, 0.1) is 10.2 Å². The van der Waals surface area contributed by atoms with E-state index in [2.05, 4.69) is 30.9 Å². The summed E-state index contributed by atoms with van der Waals surface area (Å²) in [6.45, 7) is 7.36. The quantitative estimate of drug-likeness (QED) is 0.675. The fraction of sp³-hybridized carbons (Fsp3) is 0.364. The van der Waals surface area contributed by atoms with Gasteiger partial charge in [-0.1, -0.05) is 11.3 Å². The molecule has 2 aromatic carbocycles. The van der Waals surface area contributed by atoms with Crippen molar-refractivity contribution in [3.05, 3.63) is 53.1 Å². The van der Waals surface area contributed by atoms with Crippen LogP contribution in [0.5, 0.6) is 0 Å². The summed E-state index contributed by atoms with van der Waals surface area (Å²) < 4.78 is 1.23. The highest BCUT2D eigenvalue weighted by Gasteiger charge is 2.24. The minimum Gasteiger partial charge on any atom is -0.378 e. The highest BCUT2D eigenvalue weighted by Crippen LogP contribution is 2.31. The summed E-state index contributed by atoms with van der Waals surface area (Å²) in [5, 5.41) is 1.06. The molecule has 3 aromatic rings. The van der Waals surface area contributed by atoms with Crippen molar-refractivity contribution in [1.29, 1.82) is 0 Å². The predicted molar refractivity (Wildman–Crippen MR) is 118 cm³/mol. The van der Waals surface area contributed by atoms with Crippen LogP contribution in [0.15, 0.2) is 36.4 Å². The van der Waals surface area contributed by atoms with E-state index in [1.54, 1.807) is 11.3 Å². The molecule has 1 aliphatic heterocycles. The second-order valence-corrected chi connectivity index (χ2v) is 8.63. The zero-order valence-electron chi connectivity index (χ0n) is 16.9. The summed E-state index contributed by atoms with van der Waals surface area (Å²) in [6.07, 6.45) is 0. The number of aromatic nitrogens is 1. The Labute approximate surface area is 170 Å². The van der Waals surface area contributed by atoms with Crippen molar-refractivity contribution in [1.82, 2.24) is 9.88 Å². The summed E-state index contributed by atoms with van der Waals surface area (Å²) in [5.41, 5.74) is 5.51. The number of benzene rings is 2. The third-order valence-electron chi connectivity index (χ3n) is 5.46. The summed E-state index contributed by atoms with van der Waals surface area (Å²) >= 11 is 1.74. The second-order valence-electron chi connectivity index (χ2n) is 7.62. The van der Waals surface area contributed by atoms with E-state index < -0.39 is 0 Å². The van der Waals surface area contributed by atoms with Gasteiger partial charge in [0, 0.05) is 51.5 Å². The molecule has 1 fully saturated rings. The molecule has 6 heteroatoms. The summed E-state index contributed by atoms with van der Waals surface area (Å²) in [7, 11) is 4.00. The molecule has 4 rings (SSSR count). The molecular weight excluding hydrogens is 368 g/mol. The van der Waals surface area contributed by atoms with E-state index in [1.165, 1.54) is 15.8 Å². The number of hydrogen-bond acceptors (Lipinski definition) is 5. The Morgan fingerprint density at radius 2 is 1.64 bits per heavy atom. The molecular formula is C22H26N4OS. The minimum atomic E-state index is 0.112. The third-order valence-corrected chi connectivity index (χ3v) is 6.54. The number of hydrogen-bond donors (Lipinski definition) is 0. The van der Waals surface area contributed by atoms with Crippen LogP contribution < -0.4 is 9.80 Å². The smallest absolute Gasteiger partial charge is 0.253 e. The van der Waals surface area contributed by atoms with Gasteiger partial charge in [0.25, 0.3) is 5.91 Å². The SMILES string of the molecule is Cc1cc2nc(N3CCN(C(=O)c4ccc(N(C)C)cc4)CC3)sc2cc1C. The van der Waals surface area contributed by atoms with Gasteiger partial charge < -0.3 is 14.7 Å². The monoisotopic (exact) mass is 394 g/mol. The van der Waals surface area contributed by atoms with Gasteiger partial charge in [-0.25, -0.2) is 4.98 Å². The molecule has 0 spiro atoms. The lowest BCUT2D eigenvalue weighted by atomic mass is 10.1. The van der Waals surface area contributed by atoms with Crippen LogP contribution in [0.25, 0.3) is 10.2 Å². The Kier molecular flexibility index (Phi) is 4.98. The summed E-state index contributed by atoms with van der Waals surface area (Å²) in [6, 6.07) is 12.2. The van der Waals surface area contributed by atoms with Crippen molar-refractivity contribution in [2.45, 2.75) is 13.8 Å². The van der Waals surface area contributed by atoms with E-state index in [0.29, 0.717) is 0 Å². The number of thiazole rings is 1. The minimum absolute atomic E-state index is 0.112. The molecule has 0 aliphatic carbocycles. The van der Waals surface area contributed by atoms with Gasteiger partial charge in [-0.3, -0.25) is 4.79 Å². The van der Waals surface area contributed by atoms with Crippen molar-refractivity contribution in [3.8, 4) is 0 Å². The molecule has 0 bridgehead atoms. The number of nitrogens with zero attached hydrogens (tertiary/aromatic N) is 4. The average molecular weight is 395 g/mol. The summed E-state index contributed by atoms with van der Waals surface area (Å²) in [5.74, 6) is 0.112. The molecule has 1 amide bonds. The zero-order valence-corrected chi connectivity index (χ0v) is 17.7. The Morgan fingerprint density at radius 3 is 2.29 bits per heavy atom. The van der Waals surface area contributed by atoms with Crippen molar-refractivity contribution < 1.29 is 4.79 Å². The van der Waals surface area contributed by atoms with Gasteiger partial charge in [-0.15, -0.1) is 0 Å². The Morgan fingerprint density at radius 1 is 1.00 bits per heavy atom. The topological polar surface area (TPSA) is 39.7 Å². The number of fused-ring (bicyclic) bond motifs is 1. The second kappa shape index (κ2) is 7.43. The van der Waals surface area contributed by atoms with Gasteiger partial charge in [-0.2, -0.15) is 0 Å². The highest BCUT2D eigenvalue weighted by molar-refractivity contribution is 7.22.